The Morgan fingerprint density at radius 3 is 2.87 bits per heavy atom. The van der Waals surface area contributed by atoms with Crippen LogP contribution in [0.4, 0.5) is 0 Å². The normalized spacial score (nSPS) is 25.8. The summed E-state index contributed by atoms with van der Waals surface area (Å²) in [4.78, 5) is 4.78. The minimum absolute atomic E-state index is 0.353. The second-order valence-corrected chi connectivity index (χ2v) is 4.57. The molecule has 2 atom stereocenters. The van der Waals surface area contributed by atoms with Gasteiger partial charge in [-0.2, -0.15) is 0 Å². The van der Waals surface area contributed by atoms with Crippen LogP contribution in [0.2, 0.25) is 0 Å². The van der Waals surface area contributed by atoms with E-state index in [0.717, 1.165) is 13.2 Å². The van der Waals surface area contributed by atoms with E-state index in [9.17, 15) is 0 Å². The van der Waals surface area contributed by atoms with Crippen LogP contribution in [0.5, 0.6) is 0 Å². The highest BCUT2D eigenvalue weighted by Crippen LogP contribution is 2.15. The smallest absolute Gasteiger partial charge is 0.0630 e. The molecule has 0 bridgehead atoms. The number of likely N-dealkylation sites (N-methyl/N-ethyl adjacent to an activating group) is 2. The van der Waals surface area contributed by atoms with Gasteiger partial charge < -0.3 is 15.4 Å². The van der Waals surface area contributed by atoms with E-state index < -0.39 is 0 Å². The molecule has 0 aliphatic carbocycles. The Morgan fingerprint density at radius 1 is 1.60 bits per heavy atom. The molecule has 90 valence electrons. The molecule has 1 heterocycles. The van der Waals surface area contributed by atoms with Gasteiger partial charge in [0.05, 0.1) is 6.61 Å². The standard InChI is InChI=1S/C11H25N3O/c1-13-6-4-5-10(8-13)14(2)11(7-12)9-15-3/h10-11H,4-9,12H2,1-3H3. The van der Waals surface area contributed by atoms with Crippen molar-refractivity contribution in [3.8, 4) is 0 Å². The SMILES string of the molecule is COCC(CN)N(C)C1CCCN(C)C1. The van der Waals surface area contributed by atoms with Gasteiger partial charge >= 0.3 is 0 Å². The Kier molecular flexibility index (Phi) is 5.53. The molecule has 0 aromatic heterocycles. The molecule has 0 aromatic carbocycles. The van der Waals surface area contributed by atoms with Crippen molar-refractivity contribution in [3.05, 3.63) is 0 Å². The summed E-state index contributed by atoms with van der Waals surface area (Å²) in [5, 5.41) is 0. The molecule has 15 heavy (non-hydrogen) atoms. The van der Waals surface area contributed by atoms with Crippen molar-refractivity contribution in [2.75, 3.05) is 47.4 Å². The number of piperidine rings is 1. The fourth-order valence-electron chi connectivity index (χ4n) is 2.31. The Morgan fingerprint density at radius 2 is 2.33 bits per heavy atom. The third-order valence-corrected chi connectivity index (χ3v) is 3.38. The van der Waals surface area contributed by atoms with E-state index in [4.69, 9.17) is 10.5 Å². The zero-order chi connectivity index (χ0) is 11.3. The Bertz CT molecular complexity index is 177. The maximum atomic E-state index is 5.77. The lowest BCUT2D eigenvalue weighted by Gasteiger charge is -2.39. The summed E-state index contributed by atoms with van der Waals surface area (Å²) < 4.78 is 5.20. The average Bonchev–Trinajstić information content (AvgIpc) is 2.25. The van der Waals surface area contributed by atoms with Crippen molar-refractivity contribution in [2.24, 2.45) is 5.73 Å². The quantitative estimate of drug-likeness (QED) is 0.700. The lowest BCUT2D eigenvalue weighted by Crippen LogP contribution is -2.52. The Labute approximate surface area is 93.4 Å². The molecule has 4 nitrogen and oxygen atoms in total. The molecule has 1 aliphatic heterocycles. The summed E-state index contributed by atoms with van der Waals surface area (Å²) in [6, 6.07) is 0.985. The maximum Gasteiger partial charge on any atom is 0.0630 e. The second-order valence-electron chi connectivity index (χ2n) is 4.57. The summed E-state index contributed by atoms with van der Waals surface area (Å²) >= 11 is 0. The lowest BCUT2D eigenvalue weighted by atomic mass is 10.0. The van der Waals surface area contributed by atoms with Crippen LogP contribution in [-0.4, -0.2) is 69.3 Å². The number of likely N-dealkylation sites (tertiary alicyclic amines) is 1. The number of ether oxygens (including phenoxy) is 1. The molecule has 0 aromatic rings. The predicted molar refractivity (Wildman–Crippen MR) is 63.0 cm³/mol. The molecule has 4 heteroatoms. The molecule has 1 fully saturated rings. The van der Waals surface area contributed by atoms with Crippen molar-refractivity contribution < 1.29 is 4.74 Å². The highest BCUT2D eigenvalue weighted by molar-refractivity contribution is 4.82. The summed E-state index contributed by atoms with van der Waals surface area (Å²) in [6.07, 6.45) is 2.57. The van der Waals surface area contributed by atoms with Gasteiger partial charge in [-0.1, -0.05) is 0 Å². The Hall–Kier alpha value is -0.160. The van der Waals surface area contributed by atoms with Crippen molar-refractivity contribution in [3.63, 3.8) is 0 Å². The molecule has 1 aliphatic rings. The van der Waals surface area contributed by atoms with Crippen LogP contribution in [0, 0.1) is 0 Å². The van der Waals surface area contributed by atoms with E-state index in [2.05, 4.69) is 23.9 Å². The van der Waals surface area contributed by atoms with Gasteiger partial charge in [0.25, 0.3) is 0 Å². The van der Waals surface area contributed by atoms with Gasteiger partial charge in [-0.25, -0.2) is 0 Å². The first-order valence-electron chi connectivity index (χ1n) is 5.78. The van der Waals surface area contributed by atoms with E-state index in [1.807, 2.05) is 0 Å². The number of hydrogen-bond acceptors (Lipinski definition) is 4. The van der Waals surface area contributed by atoms with Crippen LogP contribution < -0.4 is 5.73 Å². The number of nitrogens with zero attached hydrogens (tertiary/aromatic N) is 2. The van der Waals surface area contributed by atoms with Crippen LogP contribution in [0.1, 0.15) is 12.8 Å². The fraction of sp³-hybridized carbons (Fsp3) is 1.00. The lowest BCUT2D eigenvalue weighted by molar-refractivity contribution is 0.0549. The number of hydrogen-bond donors (Lipinski definition) is 1. The third kappa shape index (κ3) is 3.72. The monoisotopic (exact) mass is 215 g/mol. The van der Waals surface area contributed by atoms with Crippen LogP contribution in [0.3, 0.4) is 0 Å². The first-order chi connectivity index (χ1) is 7.19. The van der Waals surface area contributed by atoms with Gasteiger partial charge in [0, 0.05) is 32.3 Å². The highest BCUT2D eigenvalue weighted by Gasteiger charge is 2.25. The molecule has 0 amide bonds. The van der Waals surface area contributed by atoms with Gasteiger partial charge in [0.2, 0.25) is 0 Å². The van der Waals surface area contributed by atoms with E-state index in [0.29, 0.717) is 18.6 Å². The van der Waals surface area contributed by atoms with Crippen LogP contribution in [-0.2, 0) is 4.74 Å². The first-order valence-corrected chi connectivity index (χ1v) is 5.78. The van der Waals surface area contributed by atoms with Crippen molar-refractivity contribution >= 4 is 0 Å². The highest BCUT2D eigenvalue weighted by atomic mass is 16.5. The summed E-state index contributed by atoms with van der Waals surface area (Å²) in [7, 11) is 6.09. The first kappa shape index (κ1) is 12.9. The maximum absolute atomic E-state index is 5.77. The van der Waals surface area contributed by atoms with E-state index in [1.54, 1.807) is 7.11 Å². The van der Waals surface area contributed by atoms with Crippen molar-refractivity contribution in [1.82, 2.24) is 9.80 Å². The van der Waals surface area contributed by atoms with Crippen molar-refractivity contribution in [2.45, 2.75) is 24.9 Å². The summed E-state index contributed by atoms with van der Waals surface area (Å²) in [6.45, 7) is 3.77. The largest absolute Gasteiger partial charge is 0.383 e. The molecule has 2 unspecified atom stereocenters. The minimum Gasteiger partial charge on any atom is -0.383 e. The van der Waals surface area contributed by atoms with Gasteiger partial charge in [-0.05, 0) is 33.5 Å². The Balaban J connectivity index is 2.45. The molecular formula is C11H25N3O. The van der Waals surface area contributed by atoms with Gasteiger partial charge in [0.1, 0.15) is 0 Å². The summed E-state index contributed by atoms with van der Waals surface area (Å²) in [5.74, 6) is 0. The van der Waals surface area contributed by atoms with Crippen LogP contribution in [0.15, 0.2) is 0 Å². The molecular weight excluding hydrogens is 190 g/mol. The zero-order valence-corrected chi connectivity index (χ0v) is 10.3. The number of nitrogens with two attached hydrogens (primary N) is 1. The molecule has 0 spiro atoms. The van der Waals surface area contributed by atoms with E-state index in [1.165, 1.54) is 19.4 Å². The van der Waals surface area contributed by atoms with Crippen LogP contribution in [0.25, 0.3) is 0 Å². The zero-order valence-electron chi connectivity index (χ0n) is 10.3. The predicted octanol–water partition coefficient (Wildman–Crippen LogP) is -0.0139. The molecule has 1 saturated heterocycles. The molecule has 0 radical (unpaired) electrons. The van der Waals surface area contributed by atoms with Gasteiger partial charge in [-0.3, -0.25) is 4.90 Å². The molecule has 2 N–H and O–H groups in total. The van der Waals surface area contributed by atoms with E-state index >= 15 is 0 Å². The van der Waals surface area contributed by atoms with Crippen molar-refractivity contribution in [1.29, 1.82) is 0 Å². The van der Waals surface area contributed by atoms with Gasteiger partial charge in [-0.15, -0.1) is 0 Å². The number of rotatable bonds is 5. The molecule has 1 rings (SSSR count). The topological polar surface area (TPSA) is 41.7 Å². The van der Waals surface area contributed by atoms with Crippen LogP contribution >= 0.6 is 0 Å². The average molecular weight is 215 g/mol. The van der Waals surface area contributed by atoms with E-state index in [-0.39, 0.29) is 0 Å². The number of methoxy groups -OCH3 is 1. The van der Waals surface area contributed by atoms with Gasteiger partial charge in [0.15, 0.2) is 0 Å². The molecule has 0 saturated carbocycles. The minimum atomic E-state index is 0.353. The summed E-state index contributed by atoms with van der Waals surface area (Å²) in [5.41, 5.74) is 5.77. The second kappa shape index (κ2) is 6.43. The fourth-order valence-corrected chi connectivity index (χ4v) is 2.31. The third-order valence-electron chi connectivity index (χ3n) is 3.38.